The first-order valence-corrected chi connectivity index (χ1v) is 10.3. The van der Waals surface area contributed by atoms with Gasteiger partial charge in [0.15, 0.2) is 5.96 Å². The Labute approximate surface area is 158 Å². The van der Waals surface area contributed by atoms with Crippen LogP contribution in [-0.4, -0.2) is 49.2 Å². The molecular weight excluding hydrogens is 326 g/mol. The molecule has 0 amide bonds. The number of piperidine rings is 1. The van der Waals surface area contributed by atoms with Crippen molar-refractivity contribution in [1.82, 2.24) is 20.7 Å². The quantitative estimate of drug-likeness (QED) is 0.401. The minimum Gasteiger partial charge on any atom is -0.361 e. The average molecular weight is 364 g/mol. The van der Waals surface area contributed by atoms with Crippen LogP contribution in [0, 0.1) is 5.92 Å². The minimum atomic E-state index is 0.710. The summed E-state index contributed by atoms with van der Waals surface area (Å²) >= 11 is 0. The van der Waals surface area contributed by atoms with Gasteiger partial charge in [-0.1, -0.05) is 25.9 Å². The number of aliphatic imine (C=N–C) groups is 1. The number of nitrogens with zero attached hydrogens (tertiary/aromatic N) is 3. The van der Waals surface area contributed by atoms with Gasteiger partial charge in [0.25, 0.3) is 0 Å². The fraction of sp³-hybridized carbons (Fsp3) is 0.800. The smallest absolute Gasteiger partial charge is 0.191 e. The zero-order chi connectivity index (χ0) is 18.8. The van der Waals surface area contributed by atoms with Crippen LogP contribution in [0.5, 0.6) is 0 Å². The van der Waals surface area contributed by atoms with Gasteiger partial charge in [-0.05, 0) is 51.1 Å². The van der Waals surface area contributed by atoms with Crippen LogP contribution in [0.2, 0.25) is 0 Å². The summed E-state index contributed by atoms with van der Waals surface area (Å²) in [6, 6.07) is 0. The Morgan fingerprint density at radius 2 is 2.12 bits per heavy atom. The number of nitrogens with one attached hydrogen (secondary N) is 2. The van der Waals surface area contributed by atoms with Gasteiger partial charge in [-0.2, -0.15) is 0 Å². The lowest BCUT2D eigenvalue weighted by Gasteiger charge is -2.30. The van der Waals surface area contributed by atoms with Crippen molar-refractivity contribution in [2.24, 2.45) is 10.9 Å². The Morgan fingerprint density at radius 1 is 1.27 bits per heavy atom. The van der Waals surface area contributed by atoms with Gasteiger partial charge in [0, 0.05) is 38.7 Å². The van der Waals surface area contributed by atoms with Crippen LogP contribution in [0.4, 0.5) is 0 Å². The molecule has 0 radical (unpaired) electrons. The third-order valence-corrected chi connectivity index (χ3v) is 5.20. The van der Waals surface area contributed by atoms with E-state index in [4.69, 9.17) is 4.52 Å². The van der Waals surface area contributed by atoms with E-state index in [9.17, 15) is 0 Å². The summed E-state index contributed by atoms with van der Waals surface area (Å²) in [6.07, 6.45) is 6.92. The minimum absolute atomic E-state index is 0.710. The second kappa shape index (κ2) is 11.2. The van der Waals surface area contributed by atoms with Gasteiger partial charge >= 0.3 is 0 Å². The van der Waals surface area contributed by atoms with Crippen LogP contribution in [0.15, 0.2) is 9.52 Å². The lowest BCUT2D eigenvalue weighted by atomic mass is 10.0. The van der Waals surface area contributed by atoms with Crippen LogP contribution >= 0.6 is 0 Å². The zero-order valence-corrected chi connectivity index (χ0v) is 17.1. The number of hydrogen-bond acceptors (Lipinski definition) is 4. The summed E-state index contributed by atoms with van der Waals surface area (Å²) in [5.74, 6) is 2.69. The summed E-state index contributed by atoms with van der Waals surface area (Å²) in [6.45, 7) is 12.0. The van der Waals surface area contributed by atoms with Gasteiger partial charge in [0.05, 0.1) is 5.69 Å². The van der Waals surface area contributed by atoms with Crippen LogP contribution in [-0.2, 0) is 19.4 Å². The highest BCUT2D eigenvalue weighted by Gasteiger charge is 2.15. The van der Waals surface area contributed by atoms with Gasteiger partial charge in [-0.3, -0.25) is 4.99 Å². The second-order valence-electron chi connectivity index (χ2n) is 7.35. The molecule has 1 saturated heterocycles. The summed E-state index contributed by atoms with van der Waals surface area (Å²) in [7, 11) is 1.82. The molecule has 1 aliphatic rings. The standard InChI is InChI=1S/C20H37N5O/c1-5-18-17(19(6-2)26-24-18)14-23-20(21-4)22-11-7-8-12-25-13-9-10-16(3)15-25/h16H,5-15H2,1-4H3,(H2,21,22,23). The Hall–Kier alpha value is -1.56. The summed E-state index contributed by atoms with van der Waals surface area (Å²) in [5, 5.41) is 11.0. The van der Waals surface area contributed by atoms with Crippen molar-refractivity contribution in [3.05, 3.63) is 17.0 Å². The normalized spacial score (nSPS) is 18.9. The molecule has 1 unspecified atom stereocenters. The Bertz CT molecular complexity index is 533. The molecule has 2 rings (SSSR count). The van der Waals surface area contributed by atoms with E-state index in [1.165, 1.54) is 50.9 Å². The third-order valence-electron chi connectivity index (χ3n) is 5.20. The highest BCUT2D eigenvalue weighted by Crippen LogP contribution is 2.16. The average Bonchev–Trinajstić information content (AvgIpc) is 3.06. The molecule has 1 fully saturated rings. The van der Waals surface area contributed by atoms with E-state index < -0.39 is 0 Å². The number of guanidine groups is 1. The highest BCUT2D eigenvalue weighted by atomic mass is 16.5. The predicted octanol–water partition coefficient (Wildman–Crippen LogP) is 2.98. The first-order chi connectivity index (χ1) is 12.7. The largest absolute Gasteiger partial charge is 0.361 e. The SMILES string of the molecule is CCc1noc(CC)c1CNC(=NC)NCCCCN1CCCC(C)C1. The Balaban J connectivity index is 1.66. The molecular formula is C20H37N5O. The van der Waals surface area contributed by atoms with Crippen molar-refractivity contribution in [3.63, 3.8) is 0 Å². The fourth-order valence-corrected chi connectivity index (χ4v) is 3.69. The maximum absolute atomic E-state index is 5.43. The van der Waals surface area contributed by atoms with Crippen LogP contribution < -0.4 is 10.6 Å². The molecule has 0 bridgehead atoms. The van der Waals surface area contributed by atoms with E-state index in [-0.39, 0.29) is 0 Å². The molecule has 6 heteroatoms. The van der Waals surface area contributed by atoms with E-state index in [1.54, 1.807) is 0 Å². The number of unbranched alkanes of at least 4 members (excludes halogenated alkanes) is 1. The lowest BCUT2D eigenvalue weighted by Crippen LogP contribution is -2.38. The first kappa shape index (κ1) is 20.7. The molecule has 2 N–H and O–H groups in total. The monoisotopic (exact) mass is 363 g/mol. The van der Waals surface area contributed by atoms with Gasteiger partial charge in [0.1, 0.15) is 5.76 Å². The van der Waals surface area contributed by atoms with Gasteiger partial charge in [-0.25, -0.2) is 0 Å². The molecule has 2 heterocycles. The number of likely N-dealkylation sites (tertiary alicyclic amines) is 1. The molecule has 0 aliphatic carbocycles. The molecule has 1 aliphatic heterocycles. The topological polar surface area (TPSA) is 65.7 Å². The zero-order valence-electron chi connectivity index (χ0n) is 17.1. The van der Waals surface area contributed by atoms with E-state index >= 15 is 0 Å². The number of aryl methyl sites for hydroxylation is 2. The van der Waals surface area contributed by atoms with Crippen molar-refractivity contribution in [2.45, 2.75) is 65.8 Å². The van der Waals surface area contributed by atoms with Gasteiger partial charge < -0.3 is 20.1 Å². The van der Waals surface area contributed by atoms with E-state index in [2.05, 4.69) is 46.5 Å². The molecule has 1 aromatic rings. The van der Waals surface area contributed by atoms with Gasteiger partial charge in [0.2, 0.25) is 0 Å². The van der Waals surface area contributed by atoms with Gasteiger partial charge in [-0.15, -0.1) is 0 Å². The fourth-order valence-electron chi connectivity index (χ4n) is 3.69. The predicted molar refractivity (Wildman–Crippen MR) is 108 cm³/mol. The molecule has 1 atom stereocenters. The second-order valence-corrected chi connectivity index (χ2v) is 7.35. The van der Waals surface area contributed by atoms with Crippen molar-refractivity contribution in [2.75, 3.05) is 33.2 Å². The summed E-state index contributed by atoms with van der Waals surface area (Å²) in [4.78, 5) is 6.95. The van der Waals surface area contributed by atoms with Crippen LogP contribution in [0.1, 0.15) is 63.5 Å². The number of hydrogen-bond donors (Lipinski definition) is 2. The number of rotatable bonds is 9. The number of aromatic nitrogens is 1. The van der Waals surface area contributed by atoms with Crippen molar-refractivity contribution in [1.29, 1.82) is 0 Å². The highest BCUT2D eigenvalue weighted by molar-refractivity contribution is 5.79. The molecule has 0 aromatic carbocycles. The van der Waals surface area contributed by atoms with E-state index in [0.717, 1.165) is 42.7 Å². The summed E-state index contributed by atoms with van der Waals surface area (Å²) in [5.41, 5.74) is 2.22. The lowest BCUT2D eigenvalue weighted by molar-refractivity contribution is 0.181. The van der Waals surface area contributed by atoms with Crippen LogP contribution in [0.3, 0.4) is 0 Å². The summed E-state index contributed by atoms with van der Waals surface area (Å²) < 4.78 is 5.43. The maximum atomic E-state index is 5.43. The van der Waals surface area contributed by atoms with Crippen LogP contribution in [0.25, 0.3) is 0 Å². The third kappa shape index (κ3) is 6.31. The molecule has 1 aromatic heterocycles. The molecule has 6 nitrogen and oxygen atoms in total. The molecule has 0 saturated carbocycles. The van der Waals surface area contributed by atoms with E-state index in [1.807, 2.05) is 7.05 Å². The Kier molecular flexibility index (Phi) is 8.95. The van der Waals surface area contributed by atoms with E-state index in [0.29, 0.717) is 6.54 Å². The van der Waals surface area contributed by atoms with Crippen molar-refractivity contribution >= 4 is 5.96 Å². The maximum Gasteiger partial charge on any atom is 0.191 e. The molecule has 26 heavy (non-hydrogen) atoms. The molecule has 148 valence electrons. The Morgan fingerprint density at radius 3 is 2.81 bits per heavy atom. The first-order valence-electron chi connectivity index (χ1n) is 10.3. The van der Waals surface area contributed by atoms with Crippen molar-refractivity contribution in [3.8, 4) is 0 Å². The van der Waals surface area contributed by atoms with Crippen molar-refractivity contribution < 1.29 is 4.52 Å². The molecule has 0 spiro atoms.